The monoisotopic (exact) mass is 375 g/mol. The van der Waals surface area contributed by atoms with Gasteiger partial charge in [-0.2, -0.15) is 0 Å². The fraction of sp³-hybridized carbons (Fsp3) is 0.571. The number of nitrogens with one attached hydrogen (secondary N) is 1. The van der Waals surface area contributed by atoms with Crippen LogP contribution >= 0.6 is 0 Å². The Kier molecular flexibility index (Phi) is 9.15. The van der Waals surface area contributed by atoms with Gasteiger partial charge in [0.15, 0.2) is 0 Å². The van der Waals surface area contributed by atoms with Crippen LogP contribution in [0, 0.1) is 0 Å². The first-order valence-corrected chi connectivity index (χ1v) is 9.90. The van der Waals surface area contributed by atoms with Crippen LogP contribution in [-0.2, 0) is 16.1 Å². The standard InChI is InChI=1S/C10H12N2O.C6H12.C5H9NO2/c1-13-9-2-3-10-7(5-9)4-8(6-11)12-10;1-2-4-6-5-3-1;6-5(7)4-2-1-3-8-4/h2-5,12H,6,11H2,1H3;1-6H2;4H,1-3H2,(H2,6,7)/t;;4-/m..0/s1. The molecule has 1 saturated heterocycles. The highest BCUT2D eigenvalue weighted by Crippen LogP contribution is 2.21. The summed E-state index contributed by atoms with van der Waals surface area (Å²) >= 11 is 0. The third kappa shape index (κ3) is 7.23. The number of nitrogens with two attached hydrogens (primary N) is 2. The van der Waals surface area contributed by atoms with Gasteiger partial charge in [0.2, 0.25) is 5.91 Å². The first kappa shape index (κ1) is 21.3. The van der Waals surface area contributed by atoms with Crippen molar-refractivity contribution in [1.29, 1.82) is 0 Å². The van der Waals surface area contributed by atoms with Gasteiger partial charge in [-0.15, -0.1) is 0 Å². The van der Waals surface area contributed by atoms with Gasteiger partial charge >= 0.3 is 0 Å². The van der Waals surface area contributed by atoms with E-state index in [9.17, 15) is 4.79 Å². The lowest BCUT2D eigenvalue weighted by atomic mass is 10.0. The Hall–Kier alpha value is -2.05. The summed E-state index contributed by atoms with van der Waals surface area (Å²) in [5, 5.41) is 1.14. The minimum Gasteiger partial charge on any atom is -0.497 e. The zero-order valence-electron chi connectivity index (χ0n) is 16.3. The molecule has 6 nitrogen and oxygen atoms in total. The van der Waals surface area contributed by atoms with Gasteiger partial charge in [-0.3, -0.25) is 4.79 Å². The van der Waals surface area contributed by atoms with Gasteiger partial charge in [-0.1, -0.05) is 38.5 Å². The molecule has 1 aliphatic heterocycles. The van der Waals surface area contributed by atoms with E-state index in [0.717, 1.165) is 35.2 Å². The van der Waals surface area contributed by atoms with E-state index in [-0.39, 0.29) is 12.0 Å². The molecule has 1 amide bonds. The minimum absolute atomic E-state index is 0.296. The van der Waals surface area contributed by atoms with Crippen LogP contribution in [0.3, 0.4) is 0 Å². The van der Waals surface area contributed by atoms with Gasteiger partial charge in [0.05, 0.1) is 7.11 Å². The predicted octanol–water partition coefficient (Wildman–Crippen LogP) is 3.63. The molecule has 4 rings (SSSR count). The fourth-order valence-electron chi connectivity index (χ4n) is 3.27. The maximum Gasteiger partial charge on any atom is 0.246 e. The van der Waals surface area contributed by atoms with Crippen LogP contribution in [0.1, 0.15) is 57.1 Å². The van der Waals surface area contributed by atoms with Crippen LogP contribution in [0.4, 0.5) is 0 Å². The van der Waals surface area contributed by atoms with Crippen LogP contribution in [0.2, 0.25) is 0 Å². The topological polar surface area (TPSA) is 103 Å². The van der Waals surface area contributed by atoms with Crippen molar-refractivity contribution in [1.82, 2.24) is 4.98 Å². The maximum atomic E-state index is 10.3. The van der Waals surface area contributed by atoms with Crippen LogP contribution in [0.5, 0.6) is 5.75 Å². The van der Waals surface area contributed by atoms with Crippen molar-refractivity contribution in [2.45, 2.75) is 64.0 Å². The van der Waals surface area contributed by atoms with Crippen molar-refractivity contribution in [3.05, 3.63) is 30.0 Å². The smallest absolute Gasteiger partial charge is 0.246 e. The highest BCUT2D eigenvalue weighted by molar-refractivity contribution is 5.81. The number of hydrogen-bond acceptors (Lipinski definition) is 4. The summed E-state index contributed by atoms with van der Waals surface area (Å²) in [7, 11) is 1.66. The predicted molar refractivity (Wildman–Crippen MR) is 109 cm³/mol. The number of amides is 1. The molecule has 1 aromatic heterocycles. The number of primary amides is 1. The Morgan fingerprint density at radius 3 is 2.26 bits per heavy atom. The number of hydrogen-bond donors (Lipinski definition) is 3. The first-order chi connectivity index (χ1) is 13.1. The minimum atomic E-state index is -0.331. The van der Waals surface area contributed by atoms with Crippen molar-refractivity contribution in [3.63, 3.8) is 0 Å². The van der Waals surface area contributed by atoms with Crippen LogP contribution in [-0.4, -0.2) is 30.7 Å². The molecule has 2 fully saturated rings. The van der Waals surface area contributed by atoms with Gasteiger partial charge in [0, 0.05) is 29.7 Å². The quantitative estimate of drug-likeness (QED) is 0.762. The van der Waals surface area contributed by atoms with Crippen molar-refractivity contribution < 1.29 is 14.3 Å². The molecule has 1 atom stereocenters. The Morgan fingerprint density at radius 1 is 1.15 bits per heavy atom. The van der Waals surface area contributed by atoms with E-state index in [1.165, 1.54) is 38.5 Å². The second-order valence-corrected chi connectivity index (χ2v) is 6.98. The number of aromatic nitrogens is 1. The lowest BCUT2D eigenvalue weighted by Crippen LogP contribution is -2.27. The van der Waals surface area contributed by atoms with Crippen molar-refractivity contribution >= 4 is 16.8 Å². The number of ether oxygens (including phenoxy) is 2. The summed E-state index contributed by atoms with van der Waals surface area (Å²) < 4.78 is 10.1. The number of carbonyl (C=O) groups is 1. The molecule has 1 aliphatic carbocycles. The molecule has 0 bridgehead atoms. The molecule has 150 valence electrons. The zero-order chi connectivity index (χ0) is 19.5. The molecule has 5 N–H and O–H groups in total. The third-order valence-corrected chi connectivity index (χ3v) is 4.85. The molecule has 1 aromatic carbocycles. The van der Waals surface area contributed by atoms with E-state index in [2.05, 4.69) is 4.98 Å². The zero-order valence-corrected chi connectivity index (χ0v) is 16.3. The van der Waals surface area contributed by atoms with Gasteiger partial charge in [-0.25, -0.2) is 0 Å². The number of methoxy groups -OCH3 is 1. The Labute approximate surface area is 161 Å². The average molecular weight is 376 g/mol. The molecule has 0 radical (unpaired) electrons. The first-order valence-electron chi connectivity index (χ1n) is 9.90. The van der Waals surface area contributed by atoms with Gasteiger partial charge in [0.1, 0.15) is 11.9 Å². The van der Waals surface area contributed by atoms with Crippen LogP contribution < -0.4 is 16.2 Å². The molecule has 1 saturated carbocycles. The number of fused-ring (bicyclic) bond motifs is 1. The highest BCUT2D eigenvalue weighted by Gasteiger charge is 2.19. The van der Waals surface area contributed by atoms with Gasteiger partial charge in [0.25, 0.3) is 0 Å². The average Bonchev–Trinajstić information content (AvgIpc) is 3.39. The third-order valence-electron chi connectivity index (χ3n) is 4.85. The highest BCUT2D eigenvalue weighted by atomic mass is 16.5. The number of carbonyl (C=O) groups excluding carboxylic acids is 1. The number of benzene rings is 1. The van der Waals surface area contributed by atoms with Gasteiger partial charge in [-0.05, 0) is 37.1 Å². The normalized spacial score (nSPS) is 18.8. The van der Waals surface area contributed by atoms with E-state index >= 15 is 0 Å². The second kappa shape index (κ2) is 11.6. The summed E-state index contributed by atoms with van der Waals surface area (Å²) in [6.45, 7) is 1.23. The largest absolute Gasteiger partial charge is 0.497 e. The Morgan fingerprint density at radius 2 is 1.81 bits per heavy atom. The van der Waals surface area contributed by atoms with Crippen molar-refractivity contribution in [3.8, 4) is 5.75 Å². The molecular formula is C21H33N3O3. The second-order valence-electron chi connectivity index (χ2n) is 6.98. The molecule has 2 aromatic rings. The molecule has 2 heterocycles. The maximum absolute atomic E-state index is 10.3. The molecule has 2 aliphatic rings. The van der Waals surface area contributed by atoms with E-state index in [0.29, 0.717) is 13.2 Å². The van der Waals surface area contributed by atoms with E-state index in [1.54, 1.807) is 7.11 Å². The lowest BCUT2D eigenvalue weighted by molar-refractivity contribution is -0.126. The number of H-pyrrole nitrogens is 1. The number of rotatable bonds is 3. The van der Waals surface area contributed by atoms with Crippen molar-refractivity contribution in [2.24, 2.45) is 11.5 Å². The van der Waals surface area contributed by atoms with Gasteiger partial charge < -0.3 is 25.9 Å². The molecule has 27 heavy (non-hydrogen) atoms. The number of aromatic amines is 1. The summed E-state index contributed by atoms with van der Waals surface area (Å²) in [4.78, 5) is 13.5. The fourth-order valence-corrected chi connectivity index (χ4v) is 3.27. The molecule has 0 spiro atoms. The van der Waals surface area contributed by atoms with E-state index in [4.69, 9.17) is 20.9 Å². The summed E-state index contributed by atoms with van der Waals surface area (Å²) in [6, 6.07) is 7.95. The van der Waals surface area contributed by atoms with E-state index < -0.39 is 0 Å². The van der Waals surface area contributed by atoms with E-state index in [1.807, 2.05) is 24.3 Å². The summed E-state index contributed by atoms with van der Waals surface area (Å²) in [5.41, 5.74) is 12.6. The Bertz CT molecular complexity index is 676. The summed E-state index contributed by atoms with van der Waals surface area (Å²) in [6.07, 6.45) is 10.5. The van der Waals surface area contributed by atoms with Crippen molar-refractivity contribution in [2.75, 3.05) is 13.7 Å². The lowest BCUT2D eigenvalue weighted by Gasteiger charge is -2.05. The SMILES string of the molecule is C1CCCCC1.COc1ccc2[nH]c(CN)cc2c1.NC(=O)[C@@H]1CCCO1. The molecule has 6 heteroatoms. The molecular weight excluding hydrogens is 342 g/mol. The Balaban J connectivity index is 0.000000159. The van der Waals surface area contributed by atoms with Crippen LogP contribution in [0.15, 0.2) is 24.3 Å². The summed E-state index contributed by atoms with van der Waals surface area (Å²) in [5.74, 6) is 0.539. The van der Waals surface area contributed by atoms with Crippen LogP contribution in [0.25, 0.3) is 10.9 Å². The molecule has 0 unspecified atom stereocenters.